The molecule has 2 aliphatic heterocycles. The second-order valence-corrected chi connectivity index (χ2v) is 11.1. The fourth-order valence-electron chi connectivity index (χ4n) is 2.71. The second kappa shape index (κ2) is 9.89. The van der Waals surface area contributed by atoms with Crippen LogP contribution in [0.4, 0.5) is 4.79 Å². The van der Waals surface area contributed by atoms with Crippen molar-refractivity contribution < 1.29 is 56.5 Å². The van der Waals surface area contributed by atoms with Crippen LogP contribution in [0.25, 0.3) is 0 Å². The number of amidine groups is 1. The SMILES string of the molecule is C[N+](C)(C)CCOP(=O)(O)OP(=O)(O)OC[C@H]1O[C@@H](N2CCC(N)=NC2=O)[C@H](O)[C@@H]1O. The molecule has 0 spiro atoms. The van der Waals surface area contributed by atoms with Gasteiger partial charge >= 0.3 is 21.7 Å². The van der Waals surface area contributed by atoms with Gasteiger partial charge in [0.1, 0.15) is 37.3 Å². The predicted molar refractivity (Wildman–Crippen MR) is 105 cm³/mol. The molecular formula is C14H29N4O11P2+. The molecule has 6 atom stereocenters. The first-order chi connectivity index (χ1) is 14.1. The monoisotopic (exact) mass is 491 g/mol. The lowest BCUT2D eigenvalue weighted by Gasteiger charge is -2.31. The van der Waals surface area contributed by atoms with Gasteiger partial charge in [-0.3, -0.25) is 13.9 Å². The molecule has 15 nitrogen and oxygen atoms in total. The molecule has 17 heteroatoms. The van der Waals surface area contributed by atoms with Crippen molar-refractivity contribution in [2.24, 2.45) is 10.7 Å². The number of quaternary nitrogens is 1. The molecule has 6 N–H and O–H groups in total. The summed E-state index contributed by atoms with van der Waals surface area (Å²) >= 11 is 0. The van der Waals surface area contributed by atoms with Crippen molar-refractivity contribution in [1.29, 1.82) is 0 Å². The number of carbonyl (C=O) groups is 1. The Hall–Kier alpha value is -0.960. The van der Waals surface area contributed by atoms with Gasteiger partial charge in [-0.15, -0.1) is 0 Å². The zero-order valence-electron chi connectivity index (χ0n) is 17.3. The number of aliphatic hydroxyl groups excluding tert-OH is 2. The van der Waals surface area contributed by atoms with Gasteiger partial charge in [-0.2, -0.15) is 9.30 Å². The minimum atomic E-state index is -5.10. The number of urea groups is 1. The van der Waals surface area contributed by atoms with Crippen LogP contribution < -0.4 is 5.73 Å². The molecule has 0 aromatic heterocycles. The van der Waals surface area contributed by atoms with E-state index >= 15 is 0 Å². The molecule has 0 aliphatic carbocycles. The van der Waals surface area contributed by atoms with Crippen LogP contribution >= 0.6 is 15.6 Å². The fourth-order valence-corrected chi connectivity index (χ4v) is 4.78. The first-order valence-electron chi connectivity index (χ1n) is 9.22. The Morgan fingerprint density at radius 1 is 1.19 bits per heavy atom. The normalized spacial score (nSPS) is 31.3. The lowest BCUT2D eigenvalue weighted by atomic mass is 10.1. The number of likely N-dealkylation sites (N-methyl/N-ethyl adjacent to an activating group) is 1. The summed E-state index contributed by atoms with van der Waals surface area (Å²) < 4.78 is 43.1. The number of ether oxygens (including phenoxy) is 1. The average molecular weight is 491 g/mol. The van der Waals surface area contributed by atoms with E-state index in [9.17, 15) is 33.9 Å². The molecule has 1 saturated heterocycles. The summed E-state index contributed by atoms with van der Waals surface area (Å²) in [5, 5.41) is 20.3. The second-order valence-electron chi connectivity index (χ2n) is 8.04. The Labute approximate surface area is 178 Å². The summed E-state index contributed by atoms with van der Waals surface area (Å²) in [6.45, 7) is -0.631. The zero-order chi connectivity index (χ0) is 23.6. The van der Waals surface area contributed by atoms with Gasteiger partial charge in [0.05, 0.1) is 27.7 Å². The number of aliphatic imine (C=N–C) groups is 1. The first-order valence-corrected chi connectivity index (χ1v) is 12.2. The van der Waals surface area contributed by atoms with Crippen molar-refractivity contribution in [2.45, 2.75) is 31.0 Å². The summed E-state index contributed by atoms with van der Waals surface area (Å²) in [4.78, 5) is 35.9. The minimum absolute atomic E-state index is 0.0795. The number of carbonyl (C=O) groups excluding carboxylic acids is 1. The molecule has 0 aromatic carbocycles. The summed E-state index contributed by atoms with van der Waals surface area (Å²) in [6, 6.07) is -0.773. The van der Waals surface area contributed by atoms with Gasteiger partial charge in [0.15, 0.2) is 6.23 Å². The van der Waals surface area contributed by atoms with Crippen LogP contribution in [0.3, 0.4) is 0 Å². The Morgan fingerprint density at radius 3 is 2.39 bits per heavy atom. The lowest BCUT2D eigenvalue weighted by Crippen LogP contribution is -2.49. The van der Waals surface area contributed by atoms with E-state index < -0.39 is 52.8 Å². The van der Waals surface area contributed by atoms with Crippen molar-refractivity contribution in [3.63, 3.8) is 0 Å². The molecule has 2 rings (SSSR count). The number of hydrogen-bond donors (Lipinski definition) is 5. The van der Waals surface area contributed by atoms with E-state index in [2.05, 4.69) is 18.4 Å². The van der Waals surface area contributed by atoms with Crippen LogP contribution in [0.15, 0.2) is 4.99 Å². The van der Waals surface area contributed by atoms with Crippen LogP contribution in [0, 0.1) is 0 Å². The van der Waals surface area contributed by atoms with Crippen LogP contribution in [0.1, 0.15) is 6.42 Å². The van der Waals surface area contributed by atoms with Crippen molar-refractivity contribution >= 4 is 27.5 Å². The van der Waals surface area contributed by atoms with Crippen LogP contribution in [0.5, 0.6) is 0 Å². The maximum Gasteiger partial charge on any atom is 0.481 e. The molecule has 2 amide bonds. The van der Waals surface area contributed by atoms with E-state index in [0.29, 0.717) is 11.0 Å². The van der Waals surface area contributed by atoms with Gasteiger partial charge in [0.25, 0.3) is 0 Å². The number of phosphoric acid groups is 2. The van der Waals surface area contributed by atoms with E-state index in [1.54, 1.807) is 21.1 Å². The van der Waals surface area contributed by atoms with E-state index in [0.717, 1.165) is 4.90 Å². The van der Waals surface area contributed by atoms with Gasteiger partial charge < -0.3 is 35.0 Å². The number of aliphatic hydroxyl groups is 2. The third kappa shape index (κ3) is 7.84. The maximum atomic E-state index is 12.0. The standard InChI is InChI=1S/C14H28N4O11P2/c1-18(2,3)6-7-26-30(22,23)29-31(24,25)27-8-9-11(19)12(20)13(28-9)17-5-4-10(15)16-14(17)21/h9,11-13,19-20H,4-8H2,1-3H3,(H3-,15,16,21,22,23,24,25)/p+1/t9-,11-,12-,13-/m1/s1. The number of nitrogens with two attached hydrogens (primary N) is 1. The number of phosphoric ester groups is 2. The van der Waals surface area contributed by atoms with E-state index in [4.69, 9.17) is 10.5 Å². The quantitative estimate of drug-likeness (QED) is 0.176. The highest BCUT2D eigenvalue weighted by molar-refractivity contribution is 7.61. The van der Waals surface area contributed by atoms with Crippen molar-refractivity contribution in [2.75, 3.05) is 47.4 Å². The highest BCUT2D eigenvalue weighted by Crippen LogP contribution is 2.60. The molecule has 2 heterocycles. The Balaban J connectivity index is 1.90. The molecule has 2 aliphatic rings. The number of rotatable bonds is 10. The lowest BCUT2D eigenvalue weighted by molar-refractivity contribution is -0.870. The van der Waals surface area contributed by atoms with Gasteiger partial charge in [-0.25, -0.2) is 13.9 Å². The number of amides is 2. The zero-order valence-corrected chi connectivity index (χ0v) is 19.1. The molecule has 0 bridgehead atoms. The van der Waals surface area contributed by atoms with Crippen molar-refractivity contribution in [3.8, 4) is 0 Å². The molecule has 1 fully saturated rings. The molecule has 180 valence electrons. The molecule has 2 unspecified atom stereocenters. The van der Waals surface area contributed by atoms with Gasteiger partial charge in [0.2, 0.25) is 0 Å². The number of nitrogens with zero attached hydrogens (tertiary/aromatic N) is 3. The summed E-state index contributed by atoms with van der Waals surface area (Å²) in [5.74, 6) is 0.115. The predicted octanol–water partition coefficient (Wildman–Crippen LogP) is -1.43. The highest BCUT2D eigenvalue weighted by atomic mass is 31.3. The van der Waals surface area contributed by atoms with Gasteiger partial charge in [0, 0.05) is 13.0 Å². The van der Waals surface area contributed by atoms with E-state index in [1.807, 2.05) is 0 Å². The smallest absolute Gasteiger partial charge is 0.387 e. The molecule has 31 heavy (non-hydrogen) atoms. The average Bonchev–Trinajstić information content (AvgIpc) is 2.86. The van der Waals surface area contributed by atoms with Crippen molar-refractivity contribution in [3.05, 3.63) is 0 Å². The molecular weight excluding hydrogens is 462 g/mol. The topological polar surface area (TPSA) is 211 Å². The Bertz CT molecular complexity index is 789. The molecule has 0 saturated carbocycles. The first kappa shape index (κ1) is 26.3. The van der Waals surface area contributed by atoms with Crippen LogP contribution in [0.2, 0.25) is 0 Å². The van der Waals surface area contributed by atoms with Crippen LogP contribution in [-0.2, 0) is 27.2 Å². The third-order valence-electron chi connectivity index (χ3n) is 4.36. The summed E-state index contributed by atoms with van der Waals surface area (Å²) in [5.41, 5.74) is 5.48. The molecule has 0 radical (unpaired) electrons. The third-order valence-corrected chi connectivity index (χ3v) is 7.00. The van der Waals surface area contributed by atoms with E-state index in [1.165, 1.54) is 0 Å². The van der Waals surface area contributed by atoms with Crippen molar-refractivity contribution in [1.82, 2.24) is 4.90 Å². The Morgan fingerprint density at radius 2 is 1.81 bits per heavy atom. The van der Waals surface area contributed by atoms with Gasteiger partial charge in [-0.1, -0.05) is 0 Å². The Kier molecular flexibility index (Phi) is 8.39. The summed E-state index contributed by atoms with van der Waals surface area (Å²) in [7, 11) is -4.60. The molecule has 0 aromatic rings. The number of hydrogen-bond acceptors (Lipinski definition) is 10. The fraction of sp³-hybridized carbons (Fsp3) is 0.857. The van der Waals surface area contributed by atoms with Crippen LogP contribution in [-0.4, -0.2) is 113 Å². The maximum absolute atomic E-state index is 12.0. The van der Waals surface area contributed by atoms with Gasteiger partial charge in [-0.05, 0) is 0 Å². The minimum Gasteiger partial charge on any atom is -0.387 e. The van der Waals surface area contributed by atoms with E-state index in [-0.39, 0.29) is 25.4 Å². The largest absolute Gasteiger partial charge is 0.481 e. The highest BCUT2D eigenvalue weighted by Gasteiger charge is 2.48. The summed E-state index contributed by atoms with van der Waals surface area (Å²) in [6.07, 6.45) is -5.57.